The Kier molecular flexibility index (Phi) is 2.68. The average molecular weight is 272 g/mol. The van der Waals surface area contributed by atoms with E-state index in [0.29, 0.717) is 5.52 Å². The molecule has 0 aliphatic rings. The van der Waals surface area contributed by atoms with Crippen molar-refractivity contribution < 1.29 is 14.1 Å². The lowest BCUT2D eigenvalue weighted by Crippen LogP contribution is -2.21. The standard InChI is InChI=1S/C12H8N4O4/c17-12(10-5-6-11(20-10)16(18)19)14-15-7-13-8-3-1-2-4-9(8)15/h1-7H,(H,14,17). The number of amides is 1. The van der Waals surface area contributed by atoms with Crippen LogP contribution in [-0.2, 0) is 0 Å². The van der Waals surface area contributed by atoms with E-state index < -0.39 is 16.7 Å². The molecule has 1 N–H and O–H groups in total. The fourth-order valence-electron chi connectivity index (χ4n) is 1.76. The number of hydrogen-bond donors (Lipinski definition) is 1. The molecule has 0 fully saturated rings. The van der Waals surface area contributed by atoms with E-state index in [1.807, 2.05) is 12.1 Å². The highest BCUT2D eigenvalue weighted by Crippen LogP contribution is 2.16. The number of rotatable bonds is 3. The summed E-state index contributed by atoms with van der Waals surface area (Å²) in [7, 11) is 0. The smallest absolute Gasteiger partial charge is 0.395 e. The molecule has 0 aliphatic heterocycles. The van der Waals surface area contributed by atoms with Crippen molar-refractivity contribution in [2.75, 3.05) is 5.43 Å². The molecule has 2 aromatic heterocycles. The Morgan fingerprint density at radius 2 is 2.10 bits per heavy atom. The van der Waals surface area contributed by atoms with Gasteiger partial charge >= 0.3 is 11.8 Å². The highest BCUT2D eigenvalue weighted by Gasteiger charge is 2.17. The number of carbonyl (C=O) groups is 1. The van der Waals surface area contributed by atoms with Crippen LogP contribution in [0.2, 0.25) is 0 Å². The summed E-state index contributed by atoms with van der Waals surface area (Å²) in [6, 6.07) is 9.60. The molecule has 0 bridgehead atoms. The maximum absolute atomic E-state index is 11.9. The van der Waals surface area contributed by atoms with E-state index in [1.165, 1.54) is 17.1 Å². The van der Waals surface area contributed by atoms with Crippen LogP contribution in [0.15, 0.2) is 47.1 Å². The summed E-state index contributed by atoms with van der Waals surface area (Å²) in [5.74, 6) is -1.22. The van der Waals surface area contributed by atoms with Crippen molar-refractivity contribution >= 4 is 22.8 Å². The highest BCUT2D eigenvalue weighted by atomic mass is 16.6. The third-order valence-electron chi connectivity index (χ3n) is 2.67. The topological polar surface area (TPSA) is 103 Å². The molecule has 0 aliphatic carbocycles. The first-order chi connectivity index (χ1) is 9.65. The van der Waals surface area contributed by atoms with Gasteiger partial charge in [-0.1, -0.05) is 12.1 Å². The molecule has 0 saturated heterocycles. The minimum atomic E-state index is -0.705. The summed E-state index contributed by atoms with van der Waals surface area (Å²) >= 11 is 0. The number of nitro groups is 1. The van der Waals surface area contributed by atoms with Gasteiger partial charge in [-0.05, 0) is 18.2 Å². The van der Waals surface area contributed by atoms with Crippen molar-refractivity contribution in [3.05, 3.63) is 58.6 Å². The zero-order valence-electron chi connectivity index (χ0n) is 10.0. The lowest BCUT2D eigenvalue weighted by molar-refractivity contribution is -0.402. The van der Waals surface area contributed by atoms with Gasteiger partial charge < -0.3 is 4.42 Å². The lowest BCUT2D eigenvalue weighted by atomic mass is 10.3. The predicted octanol–water partition coefficient (Wildman–Crippen LogP) is 1.92. The highest BCUT2D eigenvalue weighted by molar-refractivity contribution is 5.98. The summed E-state index contributed by atoms with van der Waals surface area (Å²) in [6.45, 7) is 0. The number of nitrogens with one attached hydrogen (secondary N) is 1. The van der Waals surface area contributed by atoms with E-state index in [-0.39, 0.29) is 5.76 Å². The van der Waals surface area contributed by atoms with Gasteiger partial charge in [-0.2, -0.15) is 0 Å². The quantitative estimate of drug-likeness (QED) is 0.579. The van der Waals surface area contributed by atoms with E-state index in [0.717, 1.165) is 11.6 Å². The number of carbonyl (C=O) groups excluding carboxylic acids is 1. The van der Waals surface area contributed by atoms with Crippen LogP contribution in [0.5, 0.6) is 0 Å². The molecule has 1 amide bonds. The Morgan fingerprint density at radius 3 is 2.85 bits per heavy atom. The second-order valence-corrected chi connectivity index (χ2v) is 3.94. The van der Waals surface area contributed by atoms with Crippen LogP contribution >= 0.6 is 0 Å². The normalized spacial score (nSPS) is 10.6. The molecule has 0 unspecified atom stereocenters. The van der Waals surface area contributed by atoms with Gasteiger partial charge in [0.1, 0.15) is 11.3 Å². The third kappa shape index (κ3) is 1.99. The molecule has 0 spiro atoms. The predicted molar refractivity (Wildman–Crippen MR) is 68.8 cm³/mol. The molecule has 20 heavy (non-hydrogen) atoms. The molecular weight excluding hydrogens is 264 g/mol. The zero-order chi connectivity index (χ0) is 14.1. The van der Waals surface area contributed by atoms with Crippen LogP contribution in [-0.4, -0.2) is 20.5 Å². The first-order valence-electron chi connectivity index (χ1n) is 5.63. The first kappa shape index (κ1) is 11.9. The van der Waals surface area contributed by atoms with Crippen molar-refractivity contribution in [1.82, 2.24) is 9.66 Å². The fraction of sp³-hybridized carbons (Fsp3) is 0. The second-order valence-electron chi connectivity index (χ2n) is 3.94. The van der Waals surface area contributed by atoms with Gasteiger partial charge in [0.05, 0.1) is 17.1 Å². The average Bonchev–Trinajstić information content (AvgIpc) is 3.06. The second kappa shape index (κ2) is 4.50. The SMILES string of the molecule is O=C(Nn1cnc2ccccc21)c1ccc([N+](=O)[O-])o1. The van der Waals surface area contributed by atoms with E-state index in [1.54, 1.807) is 12.1 Å². The van der Waals surface area contributed by atoms with Crippen molar-refractivity contribution in [1.29, 1.82) is 0 Å². The lowest BCUT2D eigenvalue weighted by Gasteiger charge is -2.04. The van der Waals surface area contributed by atoms with Crippen molar-refractivity contribution in [3.8, 4) is 0 Å². The van der Waals surface area contributed by atoms with Gasteiger partial charge in [0, 0.05) is 0 Å². The molecule has 0 radical (unpaired) electrons. The van der Waals surface area contributed by atoms with Crippen LogP contribution in [0.25, 0.3) is 11.0 Å². The molecule has 3 aromatic rings. The molecule has 2 heterocycles. The van der Waals surface area contributed by atoms with Gasteiger partial charge in [0.25, 0.3) is 0 Å². The van der Waals surface area contributed by atoms with Crippen LogP contribution in [0.1, 0.15) is 10.6 Å². The molecule has 0 saturated carbocycles. The summed E-state index contributed by atoms with van der Waals surface area (Å²) in [4.78, 5) is 25.8. The molecular formula is C12H8N4O4. The van der Waals surface area contributed by atoms with E-state index in [2.05, 4.69) is 10.4 Å². The zero-order valence-corrected chi connectivity index (χ0v) is 10.0. The molecule has 8 nitrogen and oxygen atoms in total. The van der Waals surface area contributed by atoms with Crippen LogP contribution in [0.4, 0.5) is 5.88 Å². The molecule has 8 heteroatoms. The minimum Gasteiger partial charge on any atom is -0.395 e. The summed E-state index contributed by atoms with van der Waals surface area (Å²) in [5, 5.41) is 10.5. The number of para-hydroxylation sites is 2. The van der Waals surface area contributed by atoms with E-state index >= 15 is 0 Å². The maximum atomic E-state index is 11.9. The fourth-order valence-corrected chi connectivity index (χ4v) is 1.76. The summed E-state index contributed by atoms with van der Waals surface area (Å²) in [5.41, 5.74) is 3.96. The monoisotopic (exact) mass is 272 g/mol. The molecule has 1 aromatic carbocycles. The number of fused-ring (bicyclic) bond motifs is 1. The summed E-state index contributed by atoms with van der Waals surface area (Å²) < 4.78 is 6.25. The third-order valence-corrected chi connectivity index (χ3v) is 2.67. The summed E-state index contributed by atoms with van der Waals surface area (Å²) in [6.07, 6.45) is 1.44. The van der Waals surface area contributed by atoms with Gasteiger partial charge in [-0.15, -0.1) is 0 Å². The van der Waals surface area contributed by atoms with Gasteiger partial charge in [0.15, 0.2) is 0 Å². The number of furan rings is 1. The number of aromatic nitrogens is 2. The Hall–Kier alpha value is -3.16. The molecule has 0 atom stereocenters. The number of imidazole rings is 1. The Labute approximate surface area is 111 Å². The Morgan fingerprint density at radius 1 is 1.30 bits per heavy atom. The van der Waals surface area contributed by atoms with Gasteiger partial charge in [-0.3, -0.25) is 20.3 Å². The van der Waals surface area contributed by atoms with E-state index in [9.17, 15) is 14.9 Å². The van der Waals surface area contributed by atoms with Crippen molar-refractivity contribution in [2.45, 2.75) is 0 Å². The largest absolute Gasteiger partial charge is 0.433 e. The molecule has 3 rings (SSSR count). The first-order valence-corrected chi connectivity index (χ1v) is 5.63. The Balaban J connectivity index is 1.86. The number of hydrogen-bond acceptors (Lipinski definition) is 5. The van der Waals surface area contributed by atoms with Crippen LogP contribution in [0.3, 0.4) is 0 Å². The maximum Gasteiger partial charge on any atom is 0.433 e. The van der Waals surface area contributed by atoms with E-state index in [4.69, 9.17) is 4.42 Å². The van der Waals surface area contributed by atoms with Crippen LogP contribution in [0, 0.1) is 10.1 Å². The number of nitrogens with zero attached hydrogens (tertiary/aromatic N) is 3. The van der Waals surface area contributed by atoms with Gasteiger partial charge in [0.2, 0.25) is 5.76 Å². The molecule has 100 valence electrons. The van der Waals surface area contributed by atoms with Gasteiger partial charge in [-0.25, -0.2) is 9.66 Å². The van der Waals surface area contributed by atoms with Crippen LogP contribution < -0.4 is 5.43 Å². The number of benzene rings is 1. The Bertz CT molecular complexity index is 805. The minimum absolute atomic E-state index is 0.144. The van der Waals surface area contributed by atoms with Crippen molar-refractivity contribution in [3.63, 3.8) is 0 Å². The van der Waals surface area contributed by atoms with Crippen molar-refractivity contribution in [2.24, 2.45) is 0 Å².